The molecule has 37 heavy (non-hydrogen) atoms. The summed E-state index contributed by atoms with van der Waals surface area (Å²) in [5, 5.41) is 2.56. The molecule has 0 unspecified atom stereocenters. The second-order valence-electron chi connectivity index (χ2n) is 9.88. The third-order valence-corrected chi connectivity index (χ3v) is 7.26. The van der Waals surface area contributed by atoms with Gasteiger partial charge in [0.25, 0.3) is 0 Å². The average Bonchev–Trinajstić information content (AvgIpc) is 2.95. The quantitative estimate of drug-likeness (QED) is 0.211. The standard InChI is InChI=1S/C35H32N2/c1-3-14-34-32(10-1)12-6-24-36(34)26-30-20-16-28(17-21-30)8-5-9-29-18-22-31(23-19-29)27-37-25-7-13-33-11-2-4-15-35(33)37/h1-4,6-7,10-25H,5,8-9,26-27H2/q+2. The molecule has 4 aromatic carbocycles. The highest BCUT2D eigenvalue weighted by Gasteiger charge is 2.10. The van der Waals surface area contributed by atoms with Gasteiger partial charge < -0.3 is 0 Å². The number of hydrogen-bond donors (Lipinski definition) is 0. The van der Waals surface area contributed by atoms with E-state index < -0.39 is 0 Å². The van der Waals surface area contributed by atoms with Crippen molar-refractivity contribution in [3.8, 4) is 0 Å². The Bertz CT molecular complexity index is 1500. The smallest absolute Gasteiger partial charge is 0.194 e. The number of pyridine rings is 2. The van der Waals surface area contributed by atoms with Gasteiger partial charge in [-0.05, 0) is 54.7 Å². The molecule has 0 saturated carbocycles. The molecular formula is C35H32N2+2. The predicted molar refractivity (Wildman–Crippen MR) is 151 cm³/mol. The highest BCUT2D eigenvalue weighted by atomic mass is 14.9. The first-order valence-electron chi connectivity index (χ1n) is 13.2. The van der Waals surface area contributed by atoms with Gasteiger partial charge in [-0.2, -0.15) is 9.13 Å². The van der Waals surface area contributed by atoms with Crippen molar-refractivity contribution in [2.24, 2.45) is 0 Å². The molecule has 0 bridgehead atoms. The van der Waals surface area contributed by atoms with E-state index in [-0.39, 0.29) is 0 Å². The molecular weight excluding hydrogens is 448 g/mol. The molecule has 180 valence electrons. The molecule has 0 aliphatic carbocycles. The van der Waals surface area contributed by atoms with Crippen LogP contribution in [0.5, 0.6) is 0 Å². The Hall–Kier alpha value is -4.30. The van der Waals surface area contributed by atoms with Gasteiger partial charge in [-0.15, -0.1) is 0 Å². The summed E-state index contributed by atoms with van der Waals surface area (Å²) in [5.74, 6) is 0. The third kappa shape index (κ3) is 5.44. The predicted octanol–water partition coefficient (Wildman–Crippen LogP) is 6.84. The average molecular weight is 481 g/mol. The lowest BCUT2D eigenvalue weighted by Crippen LogP contribution is -2.34. The molecule has 6 aromatic rings. The number of para-hydroxylation sites is 2. The fourth-order valence-electron chi connectivity index (χ4n) is 5.23. The Morgan fingerprint density at radius 2 is 0.757 bits per heavy atom. The van der Waals surface area contributed by atoms with Crippen LogP contribution < -0.4 is 9.13 Å². The summed E-state index contributed by atoms with van der Waals surface area (Å²) in [4.78, 5) is 0. The Balaban J connectivity index is 1.03. The topological polar surface area (TPSA) is 7.76 Å². The number of hydrogen-bond acceptors (Lipinski definition) is 0. The Labute approximate surface area is 219 Å². The van der Waals surface area contributed by atoms with E-state index >= 15 is 0 Å². The summed E-state index contributed by atoms with van der Waals surface area (Å²) in [7, 11) is 0. The molecule has 2 heterocycles. The zero-order valence-electron chi connectivity index (χ0n) is 21.1. The monoisotopic (exact) mass is 480 g/mol. The molecule has 6 rings (SSSR count). The van der Waals surface area contributed by atoms with Crippen LogP contribution in [-0.2, 0) is 25.9 Å². The lowest BCUT2D eigenvalue weighted by Gasteiger charge is -2.06. The molecule has 2 nitrogen and oxygen atoms in total. The van der Waals surface area contributed by atoms with Crippen molar-refractivity contribution in [1.29, 1.82) is 0 Å². The van der Waals surface area contributed by atoms with Crippen LogP contribution >= 0.6 is 0 Å². The first-order chi connectivity index (χ1) is 18.3. The maximum absolute atomic E-state index is 2.33. The van der Waals surface area contributed by atoms with E-state index in [1.807, 2.05) is 0 Å². The van der Waals surface area contributed by atoms with E-state index in [9.17, 15) is 0 Å². The van der Waals surface area contributed by atoms with Crippen molar-refractivity contribution in [1.82, 2.24) is 0 Å². The molecule has 0 N–H and O–H groups in total. The molecule has 0 amide bonds. The van der Waals surface area contributed by atoms with Gasteiger partial charge in [0.2, 0.25) is 11.0 Å². The van der Waals surface area contributed by atoms with Crippen LogP contribution in [0, 0.1) is 0 Å². The van der Waals surface area contributed by atoms with E-state index in [0.717, 1.165) is 32.4 Å². The normalized spacial score (nSPS) is 11.2. The minimum atomic E-state index is 0.894. The number of fused-ring (bicyclic) bond motifs is 2. The van der Waals surface area contributed by atoms with Crippen molar-refractivity contribution < 1.29 is 9.13 Å². The summed E-state index contributed by atoms with van der Waals surface area (Å²) in [6.07, 6.45) is 7.71. The number of aryl methyl sites for hydroxylation is 2. The summed E-state index contributed by atoms with van der Waals surface area (Å²) in [5.41, 5.74) is 8.05. The molecule has 0 fully saturated rings. The van der Waals surface area contributed by atoms with Crippen LogP contribution in [0.1, 0.15) is 28.7 Å². The van der Waals surface area contributed by atoms with Gasteiger partial charge in [0, 0.05) is 46.2 Å². The minimum Gasteiger partial charge on any atom is -0.194 e. The molecule has 2 heteroatoms. The van der Waals surface area contributed by atoms with Crippen LogP contribution in [0.2, 0.25) is 0 Å². The van der Waals surface area contributed by atoms with E-state index in [1.54, 1.807) is 0 Å². The van der Waals surface area contributed by atoms with Crippen LogP contribution in [0.25, 0.3) is 21.8 Å². The molecule has 0 aliphatic rings. The van der Waals surface area contributed by atoms with Crippen LogP contribution in [0.4, 0.5) is 0 Å². The summed E-state index contributed by atoms with van der Waals surface area (Å²) < 4.78 is 4.65. The highest BCUT2D eigenvalue weighted by molar-refractivity contribution is 5.75. The fourth-order valence-corrected chi connectivity index (χ4v) is 5.23. The van der Waals surface area contributed by atoms with Crippen molar-refractivity contribution in [3.05, 3.63) is 156 Å². The van der Waals surface area contributed by atoms with Crippen LogP contribution in [-0.4, -0.2) is 0 Å². The molecule has 0 atom stereocenters. The molecule has 0 aliphatic heterocycles. The number of nitrogens with zero attached hydrogens (tertiary/aromatic N) is 2. The Morgan fingerprint density at radius 3 is 1.22 bits per heavy atom. The van der Waals surface area contributed by atoms with E-state index in [1.165, 1.54) is 44.1 Å². The zero-order valence-corrected chi connectivity index (χ0v) is 21.1. The zero-order chi connectivity index (χ0) is 24.9. The fraction of sp³-hybridized carbons (Fsp3) is 0.143. The minimum absolute atomic E-state index is 0.894. The van der Waals surface area contributed by atoms with E-state index in [0.29, 0.717) is 0 Å². The lowest BCUT2D eigenvalue weighted by atomic mass is 10.0. The highest BCUT2D eigenvalue weighted by Crippen LogP contribution is 2.14. The van der Waals surface area contributed by atoms with Crippen LogP contribution in [0.3, 0.4) is 0 Å². The molecule has 2 aromatic heterocycles. The lowest BCUT2D eigenvalue weighted by molar-refractivity contribution is -0.662. The van der Waals surface area contributed by atoms with Gasteiger partial charge in [0.05, 0.1) is 0 Å². The Morgan fingerprint density at radius 1 is 0.378 bits per heavy atom. The Kier molecular flexibility index (Phi) is 6.72. The first kappa shape index (κ1) is 23.1. The first-order valence-corrected chi connectivity index (χ1v) is 13.2. The van der Waals surface area contributed by atoms with E-state index in [4.69, 9.17) is 0 Å². The van der Waals surface area contributed by atoms with Gasteiger partial charge in [-0.25, -0.2) is 0 Å². The number of rotatable bonds is 8. The van der Waals surface area contributed by atoms with Gasteiger partial charge >= 0.3 is 0 Å². The third-order valence-electron chi connectivity index (χ3n) is 7.26. The number of aromatic nitrogens is 2. The van der Waals surface area contributed by atoms with Gasteiger partial charge in [-0.3, -0.25) is 0 Å². The van der Waals surface area contributed by atoms with Crippen molar-refractivity contribution in [2.45, 2.75) is 32.4 Å². The van der Waals surface area contributed by atoms with Gasteiger partial charge in [0.15, 0.2) is 25.5 Å². The second kappa shape index (κ2) is 10.8. The molecule has 0 saturated heterocycles. The van der Waals surface area contributed by atoms with Crippen LogP contribution in [0.15, 0.2) is 134 Å². The summed E-state index contributed by atoms with van der Waals surface area (Å²) >= 11 is 0. The number of benzene rings is 4. The van der Waals surface area contributed by atoms with Crippen molar-refractivity contribution in [3.63, 3.8) is 0 Å². The second-order valence-corrected chi connectivity index (χ2v) is 9.88. The summed E-state index contributed by atoms with van der Waals surface area (Å²) in [6.45, 7) is 1.79. The van der Waals surface area contributed by atoms with E-state index in [2.05, 4.69) is 143 Å². The SMILES string of the molecule is c1ccc2c(c1)ccc[n+]2Cc1ccc(CCCc2ccc(C[n+]3cccc4ccccc43)cc2)cc1. The summed E-state index contributed by atoms with van der Waals surface area (Å²) in [6, 6.07) is 44.1. The largest absolute Gasteiger partial charge is 0.212 e. The maximum Gasteiger partial charge on any atom is 0.212 e. The van der Waals surface area contributed by atoms with Gasteiger partial charge in [-0.1, -0.05) is 72.8 Å². The van der Waals surface area contributed by atoms with Gasteiger partial charge in [0.1, 0.15) is 0 Å². The molecule has 0 radical (unpaired) electrons. The molecule has 0 spiro atoms. The van der Waals surface area contributed by atoms with Crippen molar-refractivity contribution >= 4 is 21.8 Å². The maximum atomic E-state index is 2.33. The van der Waals surface area contributed by atoms with Crippen molar-refractivity contribution in [2.75, 3.05) is 0 Å².